The van der Waals surface area contributed by atoms with Gasteiger partial charge in [-0.15, -0.1) is 0 Å². The maximum atomic E-state index is 3.62. The van der Waals surface area contributed by atoms with E-state index in [1.54, 1.807) is 11.8 Å². The first-order valence-corrected chi connectivity index (χ1v) is 3.64. The van der Waals surface area contributed by atoms with Gasteiger partial charge in [-0.2, -0.15) is 0 Å². The van der Waals surface area contributed by atoms with Crippen molar-refractivity contribution in [1.29, 1.82) is 0 Å². The van der Waals surface area contributed by atoms with Crippen LogP contribution in [0.25, 0.3) is 0 Å². The molecule has 46 valence electrons. The topological polar surface area (TPSA) is 0 Å². The number of hydrogen-bond acceptors (Lipinski definition) is 1. The lowest BCUT2D eigenvalue weighted by Crippen LogP contribution is -1.62. The highest BCUT2D eigenvalue weighted by Crippen LogP contribution is 2.16. The molecule has 0 bridgehead atoms. The molecule has 0 N–H and O–H groups in total. The van der Waals surface area contributed by atoms with Gasteiger partial charge in [-0.05, 0) is 17.5 Å². The largest absolute Gasteiger partial charge is 0.0987 e. The minimum absolute atomic E-state index is 1.24. The van der Waals surface area contributed by atoms with Gasteiger partial charge >= 0.3 is 0 Å². The minimum atomic E-state index is 1.24. The number of rotatable bonds is 2. The molecule has 1 aromatic rings. The van der Waals surface area contributed by atoms with Gasteiger partial charge in [-0.1, -0.05) is 36.5 Å². The normalized spacial score (nSPS) is 8.89. The molecule has 0 aliphatic carbocycles. The van der Waals surface area contributed by atoms with E-state index in [0.29, 0.717) is 0 Å². The van der Waals surface area contributed by atoms with E-state index in [4.69, 9.17) is 0 Å². The van der Waals surface area contributed by atoms with Gasteiger partial charge in [-0.25, -0.2) is 0 Å². The van der Waals surface area contributed by atoms with Crippen molar-refractivity contribution >= 4 is 11.8 Å². The quantitative estimate of drug-likeness (QED) is 0.563. The van der Waals surface area contributed by atoms with Gasteiger partial charge in [-0.3, -0.25) is 0 Å². The molecular formula is C8H8S. The molecule has 0 aromatic heterocycles. The zero-order valence-corrected chi connectivity index (χ0v) is 5.90. The minimum Gasteiger partial charge on any atom is -0.0987 e. The molecule has 0 atom stereocenters. The highest BCUT2D eigenvalue weighted by molar-refractivity contribution is 8.02. The Balaban J connectivity index is 2.72. The molecule has 0 unspecified atom stereocenters. The summed E-state index contributed by atoms with van der Waals surface area (Å²) in [5, 5.41) is 1.83. The highest BCUT2D eigenvalue weighted by atomic mass is 32.2. The molecule has 0 fully saturated rings. The molecule has 0 heterocycles. The van der Waals surface area contributed by atoms with E-state index in [-0.39, 0.29) is 0 Å². The molecule has 0 amide bonds. The van der Waals surface area contributed by atoms with Gasteiger partial charge < -0.3 is 0 Å². The van der Waals surface area contributed by atoms with Crippen molar-refractivity contribution in [1.82, 2.24) is 0 Å². The lowest BCUT2D eigenvalue weighted by atomic mass is 10.4. The van der Waals surface area contributed by atoms with Crippen LogP contribution in [0.4, 0.5) is 0 Å². The monoisotopic (exact) mass is 136 g/mol. The molecule has 0 spiro atoms. The third-order valence-electron chi connectivity index (χ3n) is 0.963. The van der Waals surface area contributed by atoms with E-state index < -0.39 is 0 Å². The second-order valence-corrected chi connectivity index (χ2v) is 2.64. The third kappa shape index (κ3) is 1.94. The number of hydrogen-bond donors (Lipinski definition) is 0. The summed E-state index contributed by atoms with van der Waals surface area (Å²) in [4.78, 5) is 1.24. The molecule has 0 nitrogen and oxygen atoms in total. The van der Waals surface area contributed by atoms with E-state index >= 15 is 0 Å². The van der Waals surface area contributed by atoms with Gasteiger partial charge in [0.15, 0.2) is 0 Å². The average molecular weight is 136 g/mol. The molecule has 0 aliphatic rings. The Morgan fingerprint density at radius 2 is 1.89 bits per heavy atom. The lowest BCUT2D eigenvalue weighted by molar-refractivity contribution is 1.47. The summed E-state index contributed by atoms with van der Waals surface area (Å²) in [6, 6.07) is 10.2. The van der Waals surface area contributed by atoms with E-state index in [2.05, 4.69) is 18.7 Å². The Hall–Kier alpha value is -0.690. The first-order chi connectivity index (χ1) is 4.43. The number of thioether (sulfide) groups is 1. The molecule has 1 aromatic carbocycles. The van der Waals surface area contributed by atoms with Gasteiger partial charge in [0.2, 0.25) is 0 Å². The van der Waals surface area contributed by atoms with Gasteiger partial charge in [0.1, 0.15) is 0 Å². The summed E-state index contributed by atoms with van der Waals surface area (Å²) in [7, 11) is 0. The predicted octanol–water partition coefficient (Wildman–Crippen LogP) is 2.92. The fourth-order valence-corrected chi connectivity index (χ4v) is 1.10. The van der Waals surface area contributed by atoms with Crippen LogP contribution in [0, 0.1) is 0 Å². The standard InChI is InChI=1S/C8H8S/c1-2-9-8-6-4-3-5-7-8/h2-7H,1H2. The van der Waals surface area contributed by atoms with E-state index in [1.807, 2.05) is 23.6 Å². The van der Waals surface area contributed by atoms with Gasteiger partial charge in [0.25, 0.3) is 0 Å². The Morgan fingerprint density at radius 1 is 1.22 bits per heavy atom. The fraction of sp³-hybridized carbons (Fsp3) is 0. The summed E-state index contributed by atoms with van der Waals surface area (Å²) in [5.74, 6) is 0. The van der Waals surface area contributed by atoms with Gasteiger partial charge in [0, 0.05) is 4.90 Å². The van der Waals surface area contributed by atoms with Crippen molar-refractivity contribution in [3.8, 4) is 0 Å². The zero-order chi connectivity index (χ0) is 6.53. The Morgan fingerprint density at radius 3 is 2.44 bits per heavy atom. The van der Waals surface area contributed by atoms with Crippen molar-refractivity contribution in [2.24, 2.45) is 0 Å². The van der Waals surface area contributed by atoms with Crippen LogP contribution in [0.2, 0.25) is 0 Å². The van der Waals surface area contributed by atoms with Crippen molar-refractivity contribution in [3.63, 3.8) is 0 Å². The van der Waals surface area contributed by atoms with Crippen molar-refractivity contribution in [2.75, 3.05) is 0 Å². The maximum Gasteiger partial charge on any atom is 0.0116 e. The second kappa shape index (κ2) is 3.36. The molecular weight excluding hydrogens is 128 g/mol. The highest BCUT2D eigenvalue weighted by Gasteiger charge is 1.82. The van der Waals surface area contributed by atoms with E-state index in [0.717, 1.165) is 0 Å². The molecule has 0 radical (unpaired) electrons. The lowest BCUT2D eigenvalue weighted by Gasteiger charge is -1.90. The van der Waals surface area contributed by atoms with Crippen LogP contribution in [0.15, 0.2) is 47.2 Å². The van der Waals surface area contributed by atoms with Crippen molar-refractivity contribution < 1.29 is 0 Å². The summed E-state index contributed by atoms with van der Waals surface area (Å²) >= 11 is 1.64. The summed E-state index contributed by atoms with van der Waals surface area (Å²) < 4.78 is 0. The number of benzene rings is 1. The summed E-state index contributed by atoms with van der Waals surface area (Å²) in [5.41, 5.74) is 0. The van der Waals surface area contributed by atoms with Crippen molar-refractivity contribution in [3.05, 3.63) is 42.3 Å². The van der Waals surface area contributed by atoms with Crippen LogP contribution in [-0.2, 0) is 0 Å². The average Bonchev–Trinajstić information content (AvgIpc) is 1.91. The zero-order valence-electron chi connectivity index (χ0n) is 5.08. The van der Waals surface area contributed by atoms with Crippen LogP contribution < -0.4 is 0 Å². The van der Waals surface area contributed by atoms with Crippen LogP contribution >= 0.6 is 11.8 Å². The van der Waals surface area contributed by atoms with Crippen LogP contribution in [0.5, 0.6) is 0 Å². The smallest absolute Gasteiger partial charge is 0.0116 e. The van der Waals surface area contributed by atoms with Crippen LogP contribution in [0.1, 0.15) is 0 Å². The second-order valence-electron chi connectivity index (χ2n) is 1.60. The van der Waals surface area contributed by atoms with Gasteiger partial charge in [0.05, 0.1) is 0 Å². The Bertz CT molecular complexity index is 179. The Labute approximate surface area is 59.6 Å². The molecule has 9 heavy (non-hydrogen) atoms. The molecule has 1 heteroatoms. The van der Waals surface area contributed by atoms with Crippen LogP contribution in [0.3, 0.4) is 0 Å². The Kier molecular flexibility index (Phi) is 2.40. The maximum absolute atomic E-state index is 3.62. The molecule has 0 aliphatic heterocycles. The third-order valence-corrected chi connectivity index (χ3v) is 1.67. The van der Waals surface area contributed by atoms with Crippen LogP contribution in [-0.4, -0.2) is 0 Å². The van der Waals surface area contributed by atoms with Crippen molar-refractivity contribution in [2.45, 2.75) is 4.90 Å². The molecule has 0 saturated heterocycles. The SMILES string of the molecule is C=CSc1ccccc1. The molecule has 1 rings (SSSR count). The molecule has 0 saturated carbocycles. The first kappa shape index (κ1) is 6.43. The summed E-state index contributed by atoms with van der Waals surface area (Å²) in [6.45, 7) is 3.62. The summed E-state index contributed by atoms with van der Waals surface area (Å²) in [6.07, 6.45) is 0. The van der Waals surface area contributed by atoms with E-state index in [9.17, 15) is 0 Å². The van der Waals surface area contributed by atoms with E-state index in [1.165, 1.54) is 4.90 Å². The first-order valence-electron chi connectivity index (χ1n) is 2.76. The fourth-order valence-electron chi connectivity index (χ4n) is 0.595. The predicted molar refractivity (Wildman–Crippen MR) is 42.5 cm³/mol.